The van der Waals surface area contributed by atoms with Crippen LogP contribution in [-0.2, 0) is 20.8 Å². The Labute approximate surface area is 158 Å². The number of carbonyl (C=O) groups is 3. The van der Waals surface area contributed by atoms with Crippen LogP contribution in [0, 0.1) is 5.92 Å². The number of likely N-dealkylation sites (N-methyl/N-ethyl adjacent to an activating group) is 1. The fourth-order valence-electron chi connectivity index (χ4n) is 3.00. The van der Waals surface area contributed by atoms with Gasteiger partial charge in [-0.05, 0) is 36.2 Å². The maximum absolute atomic E-state index is 12.4. The van der Waals surface area contributed by atoms with Crippen LogP contribution in [0.2, 0.25) is 0 Å². The van der Waals surface area contributed by atoms with E-state index in [1.54, 1.807) is 24.1 Å². The van der Waals surface area contributed by atoms with Crippen molar-refractivity contribution in [2.24, 2.45) is 5.92 Å². The summed E-state index contributed by atoms with van der Waals surface area (Å²) in [6.07, 6.45) is 1.23. The monoisotopic (exact) mass is 365 g/mol. The molecule has 2 aromatic rings. The lowest BCUT2D eigenvalue weighted by Gasteiger charge is -2.21. The maximum Gasteiger partial charge on any atom is 0.231 e. The molecule has 0 radical (unpaired) electrons. The van der Waals surface area contributed by atoms with E-state index >= 15 is 0 Å². The molecule has 0 saturated carbocycles. The summed E-state index contributed by atoms with van der Waals surface area (Å²) in [5, 5.41) is 5.58. The van der Waals surface area contributed by atoms with E-state index in [0.717, 1.165) is 11.3 Å². The van der Waals surface area contributed by atoms with Gasteiger partial charge in [-0.2, -0.15) is 0 Å². The molecule has 1 heterocycles. The van der Waals surface area contributed by atoms with Crippen LogP contribution in [0.1, 0.15) is 18.4 Å². The molecule has 2 N–H and O–H groups in total. The van der Waals surface area contributed by atoms with Crippen LogP contribution in [0.5, 0.6) is 0 Å². The second-order valence-electron chi connectivity index (χ2n) is 6.69. The summed E-state index contributed by atoms with van der Waals surface area (Å²) in [6.45, 7) is 0.378. The number of carbonyl (C=O) groups excluding carboxylic acids is 3. The highest BCUT2D eigenvalue weighted by atomic mass is 16.2. The number of benzene rings is 2. The van der Waals surface area contributed by atoms with E-state index in [4.69, 9.17) is 0 Å². The molecule has 1 aliphatic heterocycles. The largest absolute Gasteiger partial charge is 0.355 e. The Morgan fingerprint density at radius 2 is 1.81 bits per heavy atom. The number of para-hydroxylation sites is 1. The third-order valence-electron chi connectivity index (χ3n) is 4.73. The van der Waals surface area contributed by atoms with Gasteiger partial charge in [0.15, 0.2) is 0 Å². The lowest BCUT2D eigenvalue weighted by atomic mass is 9.98. The van der Waals surface area contributed by atoms with Crippen molar-refractivity contribution in [3.8, 4) is 0 Å². The van der Waals surface area contributed by atoms with Crippen LogP contribution in [0.3, 0.4) is 0 Å². The number of piperidine rings is 1. The minimum absolute atomic E-state index is 0.00377. The predicted molar refractivity (Wildman–Crippen MR) is 104 cm³/mol. The number of amides is 3. The summed E-state index contributed by atoms with van der Waals surface area (Å²) in [5.74, 6) is -0.310. The number of hydrogen-bond donors (Lipinski definition) is 2. The summed E-state index contributed by atoms with van der Waals surface area (Å²) in [4.78, 5) is 37.5. The van der Waals surface area contributed by atoms with Crippen LogP contribution < -0.4 is 15.5 Å². The number of nitrogens with zero attached hydrogens (tertiary/aromatic N) is 1. The molecule has 0 spiro atoms. The van der Waals surface area contributed by atoms with Crippen molar-refractivity contribution in [3.63, 3.8) is 0 Å². The highest BCUT2D eigenvalue weighted by Crippen LogP contribution is 2.17. The van der Waals surface area contributed by atoms with E-state index < -0.39 is 0 Å². The van der Waals surface area contributed by atoms with E-state index in [1.807, 2.05) is 42.5 Å². The van der Waals surface area contributed by atoms with Crippen molar-refractivity contribution >= 4 is 29.1 Å². The Morgan fingerprint density at radius 1 is 1.11 bits per heavy atom. The maximum atomic E-state index is 12.4. The van der Waals surface area contributed by atoms with Crippen LogP contribution in [0.25, 0.3) is 0 Å². The van der Waals surface area contributed by atoms with Crippen LogP contribution in [-0.4, -0.2) is 31.3 Å². The zero-order valence-electron chi connectivity index (χ0n) is 15.3. The molecule has 0 unspecified atom stereocenters. The second kappa shape index (κ2) is 8.49. The fraction of sp³-hybridized carbons (Fsp3) is 0.286. The molecule has 3 amide bonds. The Morgan fingerprint density at radius 3 is 2.44 bits per heavy atom. The van der Waals surface area contributed by atoms with E-state index in [0.29, 0.717) is 25.1 Å². The molecule has 3 rings (SSSR count). The zero-order valence-corrected chi connectivity index (χ0v) is 15.3. The quantitative estimate of drug-likeness (QED) is 0.854. The topological polar surface area (TPSA) is 78.5 Å². The molecule has 1 saturated heterocycles. The molecular formula is C21H23N3O3. The molecule has 0 bridgehead atoms. The van der Waals surface area contributed by atoms with Crippen LogP contribution >= 0.6 is 0 Å². The van der Waals surface area contributed by atoms with Gasteiger partial charge in [0.2, 0.25) is 17.7 Å². The summed E-state index contributed by atoms with van der Waals surface area (Å²) < 4.78 is 0. The summed E-state index contributed by atoms with van der Waals surface area (Å²) in [7, 11) is 1.76. The lowest BCUT2D eigenvalue weighted by molar-refractivity contribution is -0.126. The van der Waals surface area contributed by atoms with Gasteiger partial charge in [-0.3, -0.25) is 14.4 Å². The molecule has 2 aromatic carbocycles. The van der Waals surface area contributed by atoms with Crippen LogP contribution in [0.4, 0.5) is 11.4 Å². The van der Waals surface area contributed by atoms with Gasteiger partial charge in [-0.1, -0.05) is 30.3 Å². The number of rotatable bonds is 5. The van der Waals surface area contributed by atoms with Crippen molar-refractivity contribution in [3.05, 3.63) is 60.2 Å². The van der Waals surface area contributed by atoms with Gasteiger partial charge in [0.25, 0.3) is 0 Å². The van der Waals surface area contributed by atoms with E-state index in [-0.39, 0.29) is 30.1 Å². The first-order valence-corrected chi connectivity index (χ1v) is 9.01. The number of nitrogens with one attached hydrogen (secondary N) is 2. The zero-order chi connectivity index (χ0) is 19.2. The minimum Gasteiger partial charge on any atom is -0.355 e. The third-order valence-corrected chi connectivity index (χ3v) is 4.73. The van der Waals surface area contributed by atoms with Crippen molar-refractivity contribution in [1.29, 1.82) is 0 Å². The molecule has 0 aliphatic carbocycles. The van der Waals surface area contributed by atoms with Gasteiger partial charge in [0.1, 0.15) is 0 Å². The van der Waals surface area contributed by atoms with E-state index in [1.165, 1.54) is 0 Å². The summed E-state index contributed by atoms with van der Waals surface area (Å²) in [5.41, 5.74) is 2.42. The van der Waals surface area contributed by atoms with Crippen molar-refractivity contribution in [1.82, 2.24) is 5.32 Å². The predicted octanol–water partition coefficient (Wildman–Crippen LogP) is 2.36. The normalized spacial score (nSPS) is 16.3. The molecule has 140 valence electrons. The smallest absolute Gasteiger partial charge is 0.231 e. The van der Waals surface area contributed by atoms with Crippen molar-refractivity contribution < 1.29 is 14.4 Å². The standard InChI is InChI=1S/C21H23N3O3/c1-24(18-5-3-2-4-6-18)20(26)13-15-7-10-17(11-8-15)23-21(27)16-9-12-19(25)22-14-16/h2-8,10-11,16H,9,12-14H2,1H3,(H,22,25)(H,23,27)/t16-/m1/s1. The first kappa shape index (κ1) is 18.6. The third kappa shape index (κ3) is 4.94. The minimum atomic E-state index is -0.205. The second-order valence-corrected chi connectivity index (χ2v) is 6.69. The molecule has 0 aromatic heterocycles. The average Bonchev–Trinajstić information content (AvgIpc) is 2.70. The highest BCUT2D eigenvalue weighted by molar-refractivity contribution is 5.95. The van der Waals surface area contributed by atoms with Gasteiger partial charge < -0.3 is 15.5 Å². The number of anilines is 2. The SMILES string of the molecule is CN(C(=O)Cc1ccc(NC(=O)[C@@H]2CCC(=O)NC2)cc1)c1ccccc1. The van der Waals surface area contributed by atoms with Gasteiger partial charge >= 0.3 is 0 Å². The van der Waals surface area contributed by atoms with Gasteiger partial charge in [0.05, 0.1) is 12.3 Å². The molecule has 1 atom stereocenters. The Kier molecular flexibility index (Phi) is 5.86. The molecular weight excluding hydrogens is 342 g/mol. The molecule has 1 fully saturated rings. The first-order chi connectivity index (χ1) is 13.0. The molecule has 1 aliphatic rings. The van der Waals surface area contributed by atoms with Gasteiger partial charge in [0, 0.05) is 31.4 Å². The van der Waals surface area contributed by atoms with Crippen LogP contribution in [0.15, 0.2) is 54.6 Å². The van der Waals surface area contributed by atoms with E-state index in [9.17, 15) is 14.4 Å². The Hall–Kier alpha value is -3.15. The molecule has 6 nitrogen and oxygen atoms in total. The highest BCUT2D eigenvalue weighted by Gasteiger charge is 2.24. The summed E-state index contributed by atoms with van der Waals surface area (Å²) in [6, 6.07) is 16.8. The van der Waals surface area contributed by atoms with Crippen molar-refractivity contribution in [2.75, 3.05) is 23.8 Å². The van der Waals surface area contributed by atoms with E-state index in [2.05, 4.69) is 10.6 Å². The molecule has 6 heteroatoms. The number of hydrogen-bond acceptors (Lipinski definition) is 3. The fourth-order valence-corrected chi connectivity index (χ4v) is 3.00. The first-order valence-electron chi connectivity index (χ1n) is 9.01. The van der Waals surface area contributed by atoms with Crippen molar-refractivity contribution in [2.45, 2.75) is 19.3 Å². The average molecular weight is 365 g/mol. The Balaban J connectivity index is 1.54. The van der Waals surface area contributed by atoms with Gasteiger partial charge in [-0.25, -0.2) is 0 Å². The Bertz CT molecular complexity index is 808. The molecule has 27 heavy (non-hydrogen) atoms. The van der Waals surface area contributed by atoms with Gasteiger partial charge in [-0.15, -0.1) is 0 Å². The summed E-state index contributed by atoms with van der Waals surface area (Å²) >= 11 is 0. The lowest BCUT2D eigenvalue weighted by Crippen LogP contribution is -2.40.